The van der Waals surface area contributed by atoms with Crippen molar-refractivity contribution in [3.8, 4) is 0 Å². The first kappa shape index (κ1) is 16.6. The highest BCUT2D eigenvalue weighted by Gasteiger charge is 2.41. The van der Waals surface area contributed by atoms with E-state index < -0.39 is 10.0 Å². The van der Waals surface area contributed by atoms with E-state index in [4.69, 9.17) is 0 Å². The number of anilines is 1. The van der Waals surface area contributed by atoms with E-state index in [0.29, 0.717) is 17.4 Å². The van der Waals surface area contributed by atoms with Crippen molar-refractivity contribution in [2.45, 2.75) is 36.1 Å². The van der Waals surface area contributed by atoms with Gasteiger partial charge in [-0.15, -0.1) is 10.2 Å². The highest BCUT2D eigenvalue weighted by atomic mass is 32.2. The lowest BCUT2D eigenvalue weighted by atomic mass is 9.96. The number of benzene rings is 1. The molecule has 0 saturated heterocycles. The van der Waals surface area contributed by atoms with Crippen LogP contribution in [0.2, 0.25) is 0 Å². The molecule has 25 heavy (non-hydrogen) atoms. The van der Waals surface area contributed by atoms with E-state index in [1.54, 1.807) is 24.3 Å². The number of hydrogen-bond donors (Lipinski definition) is 2. The molecular formula is C16H18N4O3S2. The maximum Gasteiger partial charge on any atom is 0.270 e. The van der Waals surface area contributed by atoms with E-state index in [2.05, 4.69) is 20.2 Å². The summed E-state index contributed by atoms with van der Waals surface area (Å²) in [6.45, 7) is 0. The number of amides is 1. The summed E-state index contributed by atoms with van der Waals surface area (Å²) in [5, 5.41) is 10.3. The van der Waals surface area contributed by atoms with E-state index in [1.165, 1.54) is 6.42 Å². The van der Waals surface area contributed by atoms with E-state index >= 15 is 0 Å². The van der Waals surface area contributed by atoms with E-state index in [1.807, 2.05) is 6.07 Å². The summed E-state index contributed by atoms with van der Waals surface area (Å²) >= 11 is 0.862. The quantitative estimate of drug-likeness (QED) is 0.777. The topological polar surface area (TPSA) is 101 Å². The SMILES string of the molecule is O=C(Nc1nnc(S(=O)(=O)N[C@@H]2C[C@@H]3CC[C@@H]2C3)s1)c1ccccc1. The van der Waals surface area contributed by atoms with Crippen LogP contribution in [0.3, 0.4) is 0 Å². The second-order valence-electron chi connectivity index (χ2n) is 6.60. The second kappa shape index (κ2) is 6.47. The van der Waals surface area contributed by atoms with Crippen LogP contribution in [0, 0.1) is 11.8 Å². The Morgan fingerprint density at radius 1 is 1.12 bits per heavy atom. The largest absolute Gasteiger partial charge is 0.296 e. The highest BCUT2D eigenvalue weighted by molar-refractivity contribution is 7.91. The summed E-state index contributed by atoms with van der Waals surface area (Å²) in [5.74, 6) is 0.736. The summed E-state index contributed by atoms with van der Waals surface area (Å²) in [4.78, 5) is 12.1. The van der Waals surface area contributed by atoms with Gasteiger partial charge >= 0.3 is 0 Å². The summed E-state index contributed by atoms with van der Waals surface area (Å²) < 4.78 is 27.7. The van der Waals surface area contributed by atoms with Crippen LogP contribution in [-0.2, 0) is 10.0 Å². The van der Waals surface area contributed by atoms with Gasteiger partial charge < -0.3 is 0 Å². The molecule has 7 nitrogen and oxygen atoms in total. The van der Waals surface area contributed by atoms with Crippen LogP contribution >= 0.6 is 11.3 Å². The molecule has 1 aromatic carbocycles. The smallest absolute Gasteiger partial charge is 0.270 e. The third-order valence-electron chi connectivity index (χ3n) is 4.94. The molecule has 2 N–H and O–H groups in total. The van der Waals surface area contributed by atoms with Crippen LogP contribution in [0.15, 0.2) is 34.7 Å². The van der Waals surface area contributed by atoms with Gasteiger partial charge in [-0.25, -0.2) is 13.1 Å². The van der Waals surface area contributed by atoms with Gasteiger partial charge in [-0.3, -0.25) is 10.1 Å². The van der Waals surface area contributed by atoms with Crippen molar-refractivity contribution in [3.63, 3.8) is 0 Å². The van der Waals surface area contributed by atoms with Gasteiger partial charge in [-0.1, -0.05) is 36.0 Å². The monoisotopic (exact) mass is 378 g/mol. The molecule has 1 amide bonds. The molecule has 2 aliphatic rings. The summed E-state index contributed by atoms with van der Waals surface area (Å²) in [5.41, 5.74) is 0.474. The Hall–Kier alpha value is -1.84. The molecule has 0 radical (unpaired) electrons. The number of carbonyl (C=O) groups excluding carboxylic acids is 1. The molecule has 2 bridgehead atoms. The highest BCUT2D eigenvalue weighted by Crippen LogP contribution is 2.44. The maximum absolute atomic E-state index is 12.5. The molecule has 0 unspecified atom stereocenters. The Kier molecular flexibility index (Phi) is 4.30. The molecule has 1 heterocycles. The van der Waals surface area contributed by atoms with Crippen molar-refractivity contribution < 1.29 is 13.2 Å². The van der Waals surface area contributed by atoms with Crippen LogP contribution in [-0.4, -0.2) is 30.6 Å². The van der Waals surface area contributed by atoms with Crippen molar-refractivity contribution in [2.75, 3.05) is 5.32 Å². The zero-order valence-electron chi connectivity index (χ0n) is 13.4. The van der Waals surface area contributed by atoms with Gasteiger partial charge in [0.2, 0.25) is 9.47 Å². The first-order valence-corrected chi connectivity index (χ1v) is 10.5. The first-order valence-electron chi connectivity index (χ1n) is 8.23. The van der Waals surface area contributed by atoms with Gasteiger partial charge in [0.25, 0.3) is 15.9 Å². The van der Waals surface area contributed by atoms with Gasteiger partial charge in [-0.05, 0) is 43.2 Å². The maximum atomic E-state index is 12.5. The van der Waals surface area contributed by atoms with Crippen molar-refractivity contribution in [2.24, 2.45) is 11.8 Å². The molecule has 2 fully saturated rings. The Morgan fingerprint density at radius 2 is 1.92 bits per heavy atom. The van der Waals surface area contributed by atoms with E-state index in [-0.39, 0.29) is 21.4 Å². The molecular weight excluding hydrogens is 360 g/mol. The number of carbonyl (C=O) groups is 1. The first-order chi connectivity index (χ1) is 12.0. The molecule has 132 valence electrons. The van der Waals surface area contributed by atoms with E-state index in [9.17, 15) is 13.2 Å². The fourth-order valence-electron chi connectivity index (χ4n) is 3.77. The fourth-order valence-corrected chi connectivity index (χ4v) is 6.00. The van der Waals surface area contributed by atoms with Gasteiger partial charge in [0.15, 0.2) is 0 Å². The third-order valence-corrected chi connectivity index (χ3v) is 7.63. The molecule has 1 aromatic heterocycles. The molecule has 3 atom stereocenters. The van der Waals surface area contributed by atoms with Crippen LogP contribution in [0.25, 0.3) is 0 Å². The Labute approximate surface area is 149 Å². The van der Waals surface area contributed by atoms with Gasteiger partial charge in [0.05, 0.1) is 0 Å². The minimum Gasteiger partial charge on any atom is -0.296 e. The zero-order valence-corrected chi connectivity index (χ0v) is 15.0. The van der Waals surface area contributed by atoms with E-state index in [0.717, 1.165) is 30.6 Å². The number of fused-ring (bicyclic) bond motifs is 2. The molecule has 2 aliphatic carbocycles. The lowest BCUT2D eigenvalue weighted by Gasteiger charge is -2.21. The Morgan fingerprint density at radius 3 is 2.60 bits per heavy atom. The fraction of sp³-hybridized carbons (Fsp3) is 0.438. The van der Waals surface area contributed by atoms with Crippen molar-refractivity contribution in [1.82, 2.24) is 14.9 Å². The number of hydrogen-bond acceptors (Lipinski definition) is 6. The third kappa shape index (κ3) is 3.44. The molecule has 0 aliphatic heterocycles. The predicted octanol–water partition coefficient (Wildman–Crippen LogP) is 2.26. The molecule has 2 saturated carbocycles. The molecule has 9 heteroatoms. The Balaban J connectivity index is 1.44. The average Bonchev–Trinajstić information content (AvgIpc) is 3.32. The van der Waals surface area contributed by atoms with Crippen molar-refractivity contribution in [3.05, 3.63) is 35.9 Å². The lowest BCUT2D eigenvalue weighted by Crippen LogP contribution is -2.38. The number of nitrogens with one attached hydrogen (secondary N) is 2. The number of aromatic nitrogens is 2. The molecule has 2 aromatic rings. The zero-order chi connectivity index (χ0) is 17.4. The standard InChI is InChI=1S/C16H18N4O3S2/c21-14(11-4-2-1-3-5-11)17-15-18-19-16(24-15)25(22,23)20-13-9-10-6-7-12(13)8-10/h1-5,10,12-13,20H,6-9H2,(H,17,18,21)/t10-,12-,13-/m1/s1. The van der Waals surface area contributed by atoms with Gasteiger partial charge in [0, 0.05) is 11.6 Å². The van der Waals surface area contributed by atoms with Crippen molar-refractivity contribution >= 4 is 32.4 Å². The minimum atomic E-state index is -3.70. The minimum absolute atomic E-state index is 0.00462. The van der Waals surface area contributed by atoms with Gasteiger partial charge in [-0.2, -0.15) is 0 Å². The molecule has 0 spiro atoms. The lowest BCUT2D eigenvalue weighted by molar-refractivity contribution is 0.102. The van der Waals surface area contributed by atoms with Crippen LogP contribution in [0.4, 0.5) is 5.13 Å². The number of sulfonamides is 1. The number of rotatable bonds is 5. The second-order valence-corrected chi connectivity index (χ2v) is 9.46. The van der Waals surface area contributed by atoms with Crippen LogP contribution in [0.1, 0.15) is 36.0 Å². The van der Waals surface area contributed by atoms with Gasteiger partial charge in [0.1, 0.15) is 0 Å². The summed E-state index contributed by atoms with van der Waals surface area (Å²) in [6.07, 6.45) is 4.31. The summed E-state index contributed by atoms with van der Waals surface area (Å²) in [6, 6.07) is 8.66. The predicted molar refractivity (Wildman–Crippen MR) is 93.9 cm³/mol. The summed E-state index contributed by atoms with van der Waals surface area (Å²) in [7, 11) is -3.70. The molecule has 4 rings (SSSR count). The van der Waals surface area contributed by atoms with Crippen LogP contribution < -0.4 is 10.0 Å². The number of nitrogens with zero attached hydrogens (tertiary/aromatic N) is 2. The van der Waals surface area contributed by atoms with Crippen LogP contribution in [0.5, 0.6) is 0 Å². The average molecular weight is 378 g/mol. The van der Waals surface area contributed by atoms with Crippen molar-refractivity contribution in [1.29, 1.82) is 0 Å². The Bertz CT molecular complexity index is 882. The normalized spacial score (nSPS) is 25.2.